The monoisotopic (exact) mass is 266 g/mol. The molecule has 0 saturated carbocycles. The molecule has 0 aliphatic heterocycles. The van der Waals surface area contributed by atoms with Crippen LogP contribution in [0.2, 0.25) is 0 Å². The highest BCUT2D eigenvalue weighted by molar-refractivity contribution is 5.48. The maximum absolute atomic E-state index is 12.0. The van der Waals surface area contributed by atoms with Crippen LogP contribution in [0.25, 0.3) is 0 Å². The van der Waals surface area contributed by atoms with Gasteiger partial charge in [-0.05, 0) is 6.92 Å². The molecule has 1 rings (SSSR count). The van der Waals surface area contributed by atoms with Crippen molar-refractivity contribution in [2.75, 3.05) is 19.0 Å². The maximum Gasteiger partial charge on any atom is 0.422 e. The molecule has 7 nitrogen and oxygen atoms in total. The van der Waals surface area contributed by atoms with Crippen LogP contribution in [0.4, 0.5) is 24.8 Å². The molecule has 1 N–H and O–H groups in total. The number of alkyl halides is 3. The quantitative estimate of drug-likeness (QED) is 0.658. The smallest absolute Gasteiger partial charge is 0.422 e. The van der Waals surface area contributed by atoms with Crippen LogP contribution < -0.4 is 10.1 Å². The van der Waals surface area contributed by atoms with E-state index >= 15 is 0 Å². The van der Waals surface area contributed by atoms with Crippen LogP contribution in [-0.2, 0) is 0 Å². The van der Waals surface area contributed by atoms with Crippen LogP contribution >= 0.6 is 0 Å². The summed E-state index contributed by atoms with van der Waals surface area (Å²) in [6.45, 7) is -0.380. The SMILES string of the molecule is CNc1nc(C)c([N+](=O)[O-])c(OCC(F)(F)F)n1. The first-order valence-corrected chi connectivity index (χ1v) is 4.65. The van der Waals surface area contributed by atoms with E-state index in [4.69, 9.17) is 0 Å². The first-order chi connectivity index (χ1) is 8.24. The number of nitrogens with one attached hydrogen (secondary N) is 1. The zero-order valence-corrected chi connectivity index (χ0v) is 9.41. The Kier molecular flexibility index (Phi) is 3.89. The highest BCUT2D eigenvalue weighted by Crippen LogP contribution is 2.29. The number of anilines is 1. The number of hydrogen-bond acceptors (Lipinski definition) is 6. The first-order valence-electron chi connectivity index (χ1n) is 4.65. The lowest BCUT2D eigenvalue weighted by atomic mass is 10.3. The van der Waals surface area contributed by atoms with Crippen molar-refractivity contribution >= 4 is 11.6 Å². The Labute approximate surface area is 99.1 Å². The Morgan fingerprint density at radius 1 is 1.44 bits per heavy atom. The van der Waals surface area contributed by atoms with Crippen molar-refractivity contribution in [2.24, 2.45) is 0 Å². The number of halogens is 3. The van der Waals surface area contributed by atoms with Gasteiger partial charge in [0.25, 0.3) is 5.88 Å². The van der Waals surface area contributed by atoms with Gasteiger partial charge in [-0.25, -0.2) is 4.98 Å². The summed E-state index contributed by atoms with van der Waals surface area (Å²) in [5.74, 6) is -0.774. The maximum atomic E-state index is 12.0. The van der Waals surface area contributed by atoms with E-state index in [1.54, 1.807) is 0 Å². The van der Waals surface area contributed by atoms with Gasteiger partial charge in [0, 0.05) is 7.05 Å². The van der Waals surface area contributed by atoms with E-state index in [2.05, 4.69) is 20.0 Å². The minimum Gasteiger partial charge on any atom is -0.463 e. The molecule has 18 heavy (non-hydrogen) atoms. The lowest BCUT2D eigenvalue weighted by Gasteiger charge is -2.10. The Balaban J connectivity index is 3.13. The van der Waals surface area contributed by atoms with Gasteiger partial charge in [0.15, 0.2) is 6.61 Å². The van der Waals surface area contributed by atoms with Gasteiger partial charge >= 0.3 is 11.9 Å². The fourth-order valence-corrected chi connectivity index (χ4v) is 1.11. The molecule has 1 aromatic heterocycles. The zero-order chi connectivity index (χ0) is 13.9. The third kappa shape index (κ3) is 3.43. The summed E-state index contributed by atoms with van der Waals surface area (Å²) < 4.78 is 40.3. The van der Waals surface area contributed by atoms with Gasteiger partial charge in [0.05, 0.1) is 4.92 Å². The number of hydrogen-bond donors (Lipinski definition) is 1. The predicted octanol–water partition coefficient (Wildman–Crippen LogP) is 1.68. The third-order valence-corrected chi connectivity index (χ3v) is 1.81. The topological polar surface area (TPSA) is 90.2 Å². The second-order valence-electron chi connectivity index (χ2n) is 3.20. The van der Waals surface area contributed by atoms with Gasteiger partial charge in [-0.2, -0.15) is 18.2 Å². The molecule has 0 saturated heterocycles. The van der Waals surface area contributed by atoms with Crippen LogP contribution in [0.5, 0.6) is 5.88 Å². The second-order valence-corrected chi connectivity index (χ2v) is 3.20. The lowest BCUT2D eigenvalue weighted by molar-refractivity contribution is -0.387. The van der Waals surface area contributed by atoms with Gasteiger partial charge in [0.1, 0.15) is 5.69 Å². The third-order valence-electron chi connectivity index (χ3n) is 1.81. The molecule has 1 aromatic rings. The van der Waals surface area contributed by atoms with Crippen molar-refractivity contribution in [1.82, 2.24) is 9.97 Å². The standard InChI is InChI=1S/C8H9F3N4O3/c1-4-5(15(16)17)6(14-7(12-2)13-4)18-3-8(9,10)11/h3H2,1-2H3,(H,12,13,14). The highest BCUT2D eigenvalue weighted by atomic mass is 19.4. The number of rotatable bonds is 4. The fourth-order valence-electron chi connectivity index (χ4n) is 1.11. The van der Waals surface area contributed by atoms with E-state index in [9.17, 15) is 23.3 Å². The summed E-state index contributed by atoms with van der Waals surface area (Å²) in [7, 11) is 1.42. The molecule has 0 spiro atoms. The van der Waals surface area contributed by atoms with E-state index in [0.717, 1.165) is 0 Å². The molecule has 0 fully saturated rings. The summed E-state index contributed by atoms with van der Waals surface area (Å²) >= 11 is 0. The van der Waals surface area contributed by atoms with Crippen LogP contribution in [0.1, 0.15) is 5.69 Å². The summed E-state index contributed by atoms with van der Waals surface area (Å²) in [6, 6.07) is 0. The Hall–Kier alpha value is -2.13. The molecule has 0 aliphatic rings. The predicted molar refractivity (Wildman–Crippen MR) is 54.5 cm³/mol. The second kappa shape index (κ2) is 5.02. The zero-order valence-electron chi connectivity index (χ0n) is 9.41. The van der Waals surface area contributed by atoms with Gasteiger partial charge in [-0.15, -0.1) is 0 Å². The summed E-state index contributed by atoms with van der Waals surface area (Å²) in [5, 5.41) is 13.2. The Bertz CT molecular complexity index is 464. The summed E-state index contributed by atoms with van der Waals surface area (Å²) in [6.07, 6.45) is -4.60. The molecule has 10 heteroatoms. The molecule has 0 bridgehead atoms. The fraction of sp³-hybridized carbons (Fsp3) is 0.500. The average Bonchev–Trinajstić information content (AvgIpc) is 2.23. The number of aromatic nitrogens is 2. The number of aryl methyl sites for hydroxylation is 1. The first kappa shape index (κ1) is 13.9. The molecular weight excluding hydrogens is 257 g/mol. The molecule has 0 aromatic carbocycles. The van der Waals surface area contributed by atoms with Gasteiger partial charge < -0.3 is 10.1 Å². The lowest BCUT2D eigenvalue weighted by Crippen LogP contribution is -2.20. The average molecular weight is 266 g/mol. The number of nitro groups is 1. The number of ether oxygens (including phenoxy) is 1. The van der Waals surface area contributed by atoms with E-state index in [1.807, 2.05) is 0 Å². The van der Waals surface area contributed by atoms with Crippen molar-refractivity contribution in [1.29, 1.82) is 0 Å². The van der Waals surface area contributed by atoms with Crippen molar-refractivity contribution in [3.8, 4) is 5.88 Å². The molecule has 0 aliphatic carbocycles. The van der Waals surface area contributed by atoms with E-state index in [1.165, 1.54) is 14.0 Å². The molecule has 0 unspecified atom stereocenters. The Morgan fingerprint density at radius 3 is 2.50 bits per heavy atom. The van der Waals surface area contributed by atoms with Crippen molar-refractivity contribution in [3.63, 3.8) is 0 Å². The number of nitrogens with zero attached hydrogens (tertiary/aromatic N) is 3. The van der Waals surface area contributed by atoms with Crippen LogP contribution in [0.3, 0.4) is 0 Å². The van der Waals surface area contributed by atoms with Gasteiger partial charge in [-0.3, -0.25) is 10.1 Å². The highest BCUT2D eigenvalue weighted by Gasteiger charge is 2.32. The summed E-state index contributed by atoms with van der Waals surface area (Å²) in [5.41, 5.74) is -0.769. The minimum atomic E-state index is -4.60. The molecule has 100 valence electrons. The van der Waals surface area contributed by atoms with Crippen LogP contribution in [-0.4, -0.2) is 34.7 Å². The van der Waals surface area contributed by atoms with Crippen molar-refractivity contribution in [2.45, 2.75) is 13.1 Å². The molecule has 1 heterocycles. The molecule has 0 atom stereocenters. The van der Waals surface area contributed by atoms with E-state index in [-0.39, 0.29) is 11.6 Å². The summed E-state index contributed by atoms with van der Waals surface area (Å²) in [4.78, 5) is 17.0. The van der Waals surface area contributed by atoms with Gasteiger partial charge in [-0.1, -0.05) is 0 Å². The van der Waals surface area contributed by atoms with Crippen LogP contribution in [0.15, 0.2) is 0 Å². The van der Waals surface area contributed by atoms with Crippen LogP contribution in [0, 0.1) is 17.0 Å². The molecule has 0 radical (unpaired) electrons. The largest absolute Gasteiger partial charge is 0.463 e. The minimum absolute atomic E-state index is 0.0599. The normalized spacial score (nSPS) is 11.2. The van der Waals surface area contributed by atoms with Crippen molar-refractivity contribution in [3.05, 3.63) is 15.8 Å². The van der Waals surface area contributed by atoms with Gasteiger partial charge in [0.2, 0.25) is 5.95 Å². The molecule has 0 amide bonds. The van der Waals surface area contributed by atoms with Crippen molar-refractivity contribution < 1.29 is 22.8 Å². The Morgan fingerprint density at radius 2 is 2.06 bits per heavy atom. The molecular formula is C8H9F3N4O3. The van der Waals surface area contributed by atoms with E-state index in [0.29, 0.717) is 0 Å². The van der Waals surface area contributed by atoms with E-state index < -0.39 is 29.3 Å².